The molecule has 0 atom stereocenters. The van der Waals surface area contributed by atoms with Crippen LogP contribution in [0.4, 0.5) is 11.5 Å². The number of aromatic nitrogens is 1. The van der Waals surface area contributed by atoms with Gasteiger partial charge in [-0.2, -0.15) is 4.98 Å². The van der Waals surface area contributed by atoms with Crippen LogP contribution < -0.4 is 4.90 Å². The maximum atomic E-state index is 10.0. The molecule has 2 N–H and O–H groups in total. The summed E-state index contributed by atoms with van der Waals surface area (Å²) >= 11 is 0. The Balaban J connectivity index is 2.07. The van der Waals surface area contributed by atoms with Gasteiger partial charge in [-0.05, 0) is 41.8 Å². The number of hydrogen-bond acceptors (Lipinski definition) is 4. The molecule has 0 spiro atoms. The Morgan fingerprint density at radius 2 is 1.65 bits per heavy atom. The molecule has 0 saturated carbocycles. The van der Waals surface area contributed by atoms with Crippen LogP contribution in [0, 0.1) is 0 Å². The molecule has 3 aromatic rings. The molecular formula is C16H14N2O2. The molecule has 0 aliphatic carbocycles. The standard InChI is InChI=1S/C16H14N2O2/c1-18(12-6-8-13(19)9-7-12)15-10-11-4-2-3-5-14(11)16(20)17-15/h2-10,19H,1H3,(H,17,20). The van der Waals surface area contributed by atoms with Crippen molar-refractivity contribution in [3.05, 3.63) is 54.6 Å². The topological polar surface area (TPSA) is 56.6 Å². The third kappa shape index (κ3) is 2.12. The highest BCUT2D eigenvalue weighted by atomic mass is 16.3. The van der Waals surface area contributed by atoms with Crippen molar-refractivity contribution in [1.82, 2.24) is 4.98 Å². The van der Waals surface area contributed by atoms with E-state index in [1.165, 1.54) is 0 Å². The van der Waals surface area contributed by atoms with Gasteiger partial charge < -0.3 is 15.1 Å². The van der Waals surface area contributed by atoms with E-state index in [9.17, 15) is 10.2 Å². The maximum absolute atomic E-state index is 10.0. The first-order chi connectivity index (χ1) is 9.65. The number of fused-ring (bicyclic) bond motifs is 1. The third-order valence-corrected chi connectivity index (χ3v) is 3.29. The molecule has 0 radical (unpaired) electrons. The summed E-state index contributed by atoms with van der Waals surface area (Å²) in [6.07, 6.45) is 0. The number of aromatic hydroxyl groups is 2. The summed E-state index contributed by atoms with van der Waals surface area (Å²) in [5.41, 5.74) is 0.880. The molecule has 20 heavy (non-hydrogen) atoms. The predicted molar refractivity (Wildman–Crippen MR) is 79.6 cm³/mol. The zero-order chi connectivity index (χ0) is 14.1. The highest BCUT2D eigenvalue weighted by Gasteiger charge is 2.09. The number of phenolic OH excluding ortho intramolecular Hbond substituents is 1. The molecule has 0 aliphatic heterocycles. The van der Waals surface area contributed by atoms with Gasteiger partial charge >= 0.3 is 0 Å². The summed E-state index contributed by atoms with van der Waals surface area (Å²) in [7, 11) is 1.86. The molecule has 4 nitrogen and oxygen atoms in total. The van der Waals surface area contributed by atoms with E-state index in [1.54, 1.807) is 24.3 Å². The van der Waals surface area contributed by atoms with Crippen LogP contribution in [0.15, 0.2) is 54.6 Å². The van der Waals surface area contributed by atoms with E-state index in [1.807, 2.05) is 42.3 Å². The molecule has 1 heterocycles. The second kappa shape index (κ2) is 4.74. The molecule has 1 aromatic heterocycles. The quantitative estimate of drug-likeness (QED) is 0.746. The fourth-order valence-corrected chi connectivity index (χ4v) is 2.15. The Hall–Kier alpha value is -2.75. The van der Waals surface area contributed by atoms with Gasteiger partial charge in [-0.3, -0.25) is 0 Å². The Kier molecular flexibility index (Phi) is 2.91. The first-order valence-corrected chi connectivity index (χ1v) is 6.26. The van der Waals surface area contributed by atoms with Crippen molar-refractivity contribution in [1.29, 1.82) is 0 Å². The van der Waals surface area contributed by atoms with E-state index < -0.39 is 0 Å². The molecule has 0 amide bonds. The van der Waals surface area contributed by atoms with Crippen LogP contribution in [0.25, 0.3) is 10.8 Å². The van der Waals surface area contributed by atoms with Crippen LogP contribution in [0.3, 0.4) is 0 Å². The lowest BCUT2D eigenvalue weighted by Gasteiger charge is -2.19. The summed E-state index contributed by atoms with van der Waals surface area (Å²) in [6.45, 7) is 0. The van der Waals surface area contributed by atoms with Crippen LogP contribution >= 0.6 is 0 Å². The van der Waals surface area contributed by atoms with Crippen molar-refractivity contribution in [2.24, 2.45) is 0 Å². The highest BCUT2D eigenvalue weighted by molar-refractivity contribution is 5.89. The number of anilines is 2. The molecular weight excluding hydrogens is 252 g/mol. The van der Waals surface area contributed by atoms with Crippen LogP contribution in [-0.4, -0.2) is 22.2 Å². The van der Waals surface area contributed by atoms with Crippen molar-refractivity contribution in [2.45, 2.75) is 0 Å². The first-order valence-electron chi connectivity index (χ1n) is 6.26. The lowest BCUT2D eigenvalue weighted by atomic mass is 10.1. The lowest BCUT2D eigenvalue weighted by molar-refractivity contribution is 0.460. The molecule has 3 rings (SSSR count). The smallest absolute Gasteiger partial charge is 0.220 e. The van der Waals surface area contributed by atoms with Crippen molar-refractivity contribution in [2.75, 3.05) is 11.9 Å². The first kappa shape index (κ1) is 12.3. The van der Waals surface area contributed by atoms with E-state index >= 15 is 0 Å². The fourth-order valence-electron chi connectivity index (χ4n) is 2.15. The van der Waals surface area contributed by atoms with Crippen LogP contribution in [-0.2, 0) is 0 Å². The predicted octanol–water partition coefficient (Wildman–Crippen LogP) is 3.41. The van der Waals surface area contributed by atoms with Crippen LogP contribution in [0.2, 0.25) is 0 Å². The largest absolute Gasteiger partial charge is 0.508 e. The zero-order valence-electron chi connectivity index (χ0n) is 11.0. The zero-order valence-corrected chi connectivity index (χ0v) is 11.0. The van der Waals surface area contributed by atoms with Gasteiger partial charge in [0.2, 0.25) is 5.88 Å². The summed E-state index contributed by atoms with van der Waals surface area (Å²) < 4.78 is 0. The van der Waals surface area contributed by atoms with Gasteiger partial charge in [0.05, 0.1) is 0 Å². The minimum Gasteiger partial charge on any atom is -0.508 e. The molecule has 0 unspecified atom stereocenters. The van der Waals surface area contributed by atoms with Gasteiger partial charge in [-0.1, -0.05) is 18.2 Å². The van der Waals surface area contributed by atoms with Crippen molar-refractivity contribution in [3.63, 3.8) is 0 Å². The number of hydrogen-bond donors (Lipinski definition) is 2. The molecule has 0 bridgehead atoms. The van der Waals surface area contributed by atoms with Gasteiger partial charge in [0.15, 0.2) is 0 Å². The third-order valence-electron chi connectivity index (χ3n) is 3.29. The van der Waals surface area contributed by atoms with Crippen molar-refractivity contribution in [3.8, 4) is 11.6 Å². The number of benzene rings is 2. The Bertz CT molecular complexity index is 754. The average molecular weight is 266 g/mol. The average Bonchev–Trinajstić information content (AvgIpc) is 2.47. The molecule has 2 aromatic carbocycles. The van der Waals surface area contributed by atoms with Crippen molar-refractivity contribution < 1.29 is 10.2 Å². The number of phenols is 1. The lowest BCUT2D eigenvalue weighted by Crippen LogP contribution is -2.10. The van der Waals surface area contributed by atoms with E-state index in [2.05, 4.69) is 4.98 Å². The van der Waals surface area contributed by atoms with E-state index in [0.29, 0.717) is 5.82 Å². The van der Waals surface area contributed by atoms with Gasteiger partial charge in [0, 0.05) is 18.1 Å². The summed E-state index contributed by atoms with van der Waals surface area (Å²) in [4.78, 5) is 6.07. The van der Waals surface area contributed by atoms with E-state index in [4.69, 9.17) is 0 Å². The summed E-state index contributed by atoms with van der Waals surface area (Å²) in [6, 6.07) is 16.3. The Morgan fingerprint density at radius 3 is 2.40 bits per heavy atom. The molecule has 0 aliphatic rings. The monoisotopic (exact) mass is 266 g/mol. The van der Waals surface area contributed by atoms with Gasteiger partial charge in [-0.15, -0.1) is 0 Å². The Labute approximate surface area is 116 Å². The molecule has 100 valence electrons. The number of nitrogens with zero attached hydrogens (tertiary/aromatic N) is 2. The van der Waals surface area contributed by atoms with E-state index in [-0.39, 0.29) is 11.6 Å². The minimum absolute atomic E-state index is 0.0173. The minimum atomic E-state index is 0.0173. The van der Waals surface area contributed by atoms with Gasteiger partial charge in [0.25, 0.3) is 0 Å². The van der Waals surface area contributed by atoms with Crippen molar-refractivity contribution >= 4 is 22.3 Å². The molecule has 0 fully saturated rings. The number of rotatable bonds is 2. The van der Waals surface area contributed by atoms with Crippen LogP contribution in [0.5, 0.6) is 11.6 Å². The normalized spacial score (nSPS) is 10.7. The number of pyridine rings is 1. The van der Waals surface area contributed by atoms with Gasteiger partial charge in [0.1, 0.15) is 11.6 Å². The van der Waals surface area contributed by atoms with Crippen LogP contribution in [0.1, 0.15) is 0 Å². The fraction of sp³-hybridized carbons (Fsp3) is 0.0625. The second-order valence-corrected chi connectivity index (χ2v) is 4.60. The molecule has 0 saturated heterocycles. The Morgan fingerprint density at radius 1 is 0.950 bits per heavy atom. The summed E-state index contributed by atoms with van der Waals surface area (Å²) in [5.74, 6) is 0.882. The summed E-state index contributed by atoms with van der Waals surface area (Å²) in [5, 5.41) is 21.0. The van der Waals surface area contributed by atoms with E-state index in [0.717, 1.165) is 16.5 Å². The second-order valence-electron chi connectivity index (χ2n) is 4.60. The maximum Gasteiger partial charge on any atom is 0.220 e. The SMILES string of the molecule is CN(c1ccc(O)cc1)c1cc2ccccc2c(O)n1. The van der Waals surface area contributed by atoms with Gasteiger partial charge in [-0.25, -0.2) is 0 Å². The molecule has 4 heteroatoms. The highest BCUT2D eigenvalue weighted by Crippen LogP contribution is 2.30.